The number of carbonyl (C=O) groups excluding carboxylic acids is 1. The van der Waals surface area contributed by atoms with Crippen molar-refractivity contribution >= 4 is 19.1 Å². The standard InChI is InChI=1S/C32H42NO5P/c1-6-37-39(36,38-7-2)19-18-32(35)17-16-29-27-14-10-23-20-25(34)13-15-26(23)30(27)28(21-31(29,32)3)22-8-11-24(12-9-22)33(4)5/h8-9,11-12,20,27-29,35H,6-7,10,13-17,21H2,1-5H3/t27?,28-,29+,31+,32-/m1/s1. The van der Waals surface area contributed by atoms with Crippen LogP contribution >= 0.6 is 7.60 Å². The number of aliphatic hydroxyl groups is 1. The number of ketones is 1. The number of fused-ring (bicyclic) bond motifs is 4. The van der Waals surface area contributed by atoms with Crippen LogP contribution in [0.3, 0.4) is 0 Å². The molecule has 5 rings (SSSR count). The van der Waals surface area contributed by atoms with Gasteiger partial charge in [0.2, 0.25) is 0 Å². The number of benzene rings is 1. The van der Waals surface area contributed by atoms with Gasteiger partial charge in [0, 0.05) is 43.2 Å². The molecule has 1 aromatic rings. The second-order valence-corrected chi connectivity index (χ2v) is 13.7. The SMILES string of the molecule is CCOP(=O)(C#C[C@]1(O)CC[C@H]2C3CCC4=CC(=O)CCC4=C3[C@@H](c3ccc(N(C)C)cc3)C[C@@]21C)OCC. The average Bonchev–Trinajstić information content (AvgIpc) is 3.17. The first-order valence-corrected chi connectivity index (χ1v) is 16.0. The fourth-order valence-electron chi connectivity index (χ4n) is 7.78. The smallest absolute Gasteiger partial charge is 0.378 e. The summed E-state index contributed by atoms with van der Waals surface area (Å²) in [7, 11) is 0.474. The van der Waals surface area contributed by atoms with E-state index in [4.69, 9.17) is 9.05 Å². The van der Waals surface area contributed by atoms with Crippen LogP contribution in [0.15, 0.2) is 47.1 Å². The van der Waals surface area contributed by atoms with E-state index in [1.807, 2.05) is 20.2 Å². The molecule has 210 valence electrons. The molecule has 0 aromatic heterocycles. The van der Waals surface area contributed by atoms with Gasteiger partial charge >= 0.3 is 7.60 Å². The minimum atomic E-state index is -3.61. The Morgan fingerprint density at radius 2 is 1.77 bits per heavy atom. The molecule has 1 N–H and O–H groups in total. The van der Waals surface area contributed by atoms with Crippen LogP contribution in [0.25, 0.3) is 0 Å². The third-order valence-corrected chi connectivity index (χ3v) is 11.3. The van der Waals surface area contributed by atoms with Crippen LogP contribution in [-0.4, -0.2) is 43.8 Å². The van der Waals surface area contributed by atoms with Gasteiger partial charge in [0.25, 0.3) is 0 Å². The lowest BCUT2D eigenvalue weighted by Crippen LogP contribution is -2.51. The monoisotopic (exact) mass is 551 g/mol. The lowest BCUT2D eigenvalue weighted by Gasteiger charge is -2.53. The first-order valence-electron chi connectivity index (χ1n) is 14.4. The molecule has 6 nitrogen and oxygen atoms in total. The maximum atomic E-state index is 13.2. The van der Waals surface area contributed by atoms with Crippen molar-refractivity contribution in [2.24, 2.45) is 17.3 Å². The molecule has 0 radical (unpaired) electrons. The Morgan fingerprint density at radius 3 is 2.41 bits per heavy atom. The molecule has 0 saturated heterocycles. The third kappa shape index (κ3) is 4.97. The molecule has 39 heavy (non-hydrogen) atoms. The summed E-state index contributed by atoms with van der Waals surface area (Å²) in [5, 5.41) is 12.2. The van der Waals surface area contributed by atoms with Crippen LogP contribution in [0.5, 0.6) is 0 Å². The molecule has 1 unspecified atom stereocenters. The minimum Gasteiger partial charge on any atom is -0.378 e. The van der Waals surface area contributed by atoms with Crippen molar-refractivity contribution in [1.82, 2.24) is 0 Å². The van der Waals surface area contributed by atoms with Gasteiger partial charge in [0.15, 0.2) is 5.78 Å². The number of nitrogens with zero attached hydrogens (tertiary/aromatic N) is 1. The normalized spacial score (nSPS) is 32.0. The molecule has 0 amide bonds. The molecular formula is C32H42NO5P. The second kappa shape index (κ2) is 10.7. The van der Waals surface area contributed by atoms with Crippen molar-refractivity contribution in [2.75, 3.05) is 32.2 Å². The maximum Gasteiger partial charge on any atom is 0.405 e. The van der Waals surface area contributed by atoms with E-state index in [0.717, 1.165) is 37.8 Å². The molecule has 0 spiro atoms. The third-order valence-electron chi connectivity index (χ3n) is 9.70. The van der Waals surface area contributed by atoms with E-state index in [1.165, 1.54) is 22.3 Å². The highest BCUT2D eigenvalue weighted by Crippen LogP contribution is 2.67. The van der Waals surface area contributed by atoms with E-state index in [0.29, 0.717) is 18.8 Å². The van der Waals surface area contributed by atoms with Crippen molar-refractivity contribution in [3.05, 3.63) is 52.6 Å². The first-order chi connectivity index (χ1) is 18.5. The molecule has 4 aliphatic carbocycles. The van der Waals surface area contributed by atoms with Crippen molar-refractivity contribution < 1.29 is 23.5 Å². The van der Waals surface area contributed by atoms with Gasteiger partial charge in [0.05, 0.1) is 13.2 Å². The zero-order chi connectivity index (χ0) is 28.0. The Balaban J connectivity index is 1.61. The Labute approximate surface area is 233 Å². The predicted octanol–water partition coefficient (Wildman–Crippen LogP) is 6.61. The molecule has 0 bridgehead atoms. The molecule has 4 aliphatic rings. The van der Waals surface area contributed by atoms with Crippen molar-refractivity contribution in [3.8, 4) is 11.6 Å². The van der Waals surface area contributed by atoms with Gasteiger partial charge in [-0.15, -0.1) is 0 Å². The zero-order valence-electron chi connectivity index (χ0n) is 24.0. The van der Waals surface area contributed by atoms with Crippen LogP contribution in [0.2, 0.25) is 0 Å². The van der Waals surface area contributed by atoms with E-state index in [-0.39, 0.29) is 30.8 Å². The fourth-order valence-corrected chi connectivity index (χ4v) is 8.98. The number of hydrogen-bond donors (Lipinski definition) is 1. The first kappa shape index (κ1) is 28.4. The summed E-state index contributed by atoms with van der Waals surface area (Å²) in [6.07, 6.45) is 7.29. The minimum absolute atomic E-state index is 0.122. The van der Waals surface area contributed by atoms with E-state index < -0.39 is 18.6 Å². The van der Waals surface area contributed by atoms with Gasteiger partial charge in [0.1, 0.15) is 5.60 Å². The summed E-state index contributed by atoms with van der Waals surface area (Å²) in [4.78, 5) is 14.4. The summed E-state index contributed by atoms with van der Waals surface area (Å²) in [6.45, 7) is 6.17. The topological polar surface area (TPSA) is 76.1 Å². The molecule has 7 heteroatoms. The Morgan fingerprint density at radius 1 is 1.08 bits per heavy atom. The van der Waals surface area contributed by atoms with E-state index in [9.17, 15) is 14.5 Å². The van der Waals surface area contributed by atoms with Gasteiger partial charge in [-0.3, -0.25) is 13.8 Å². The lowest BCUT2D eigenvalue weighted by atomic mass is 9.51. The van der Waals surface area contributed by atoms with E-state index in [1.54, 1.807) is 13.8 Å². The summed E-state index contributed by atoms with van der Waals surface area (Å²) >= 11 is 0. The van der Waals surface area contributed by atoms with E-state index >= 15 is 0 Å². The molecule has 0 aliphatic heterocycles. The number of allylic oxidation sites excluding steroid dienone is 4. The molecule has 0 heterocycles. The van der Waals surface area contributed by atoms with Gasteiger partial charge in [-0.1, -0.05) is 30.6 Å². The van der Waals surface area contributed by atoms with Crippen molar-refractivity contribution in [1.29, 1.82) is 0 Å². The summed E-state index contributed by atoms with van der Waals surface area (Å²) in [6, 6.07) is 8.76. The number of carbonyl (C=O) groups is 1. The number of anilines is 1. The van der Waals surface area contributed by atoms with Crippen molar-refractivity contribution in [2.45, 2.75) is 77.2 Å². The summed E-state index contributed by atoms with van der Waals surface area (Å²) in [5.41, 5.74) is 7.46. The summed E-state index contributed by atoms with van der Waals surface area (Å²) < 4.78 is 24.0. The van der Waals surface area contributed by atoms with E-state index in [2.05, 4.69) is 47.7 Å². The van der Waals surface area contributed by atoms with Crippen LogP contribution in [-0.2, 0) is 18.4 Å². The highest BCUT2D eigenvalue weighted by molar-refractivity contribution is 7.59. The number of hydrogen-bond acceptors (Lipinski definition) is 6. The quantitative estimate of drug-likeness (QED) is 0.317. The molecule has 1 aromatic carbocycles. The molecule has 2 saturated carbocycles. The average molecular weight is 552 g/mol. The number of rotatable bonds is 6. The van der Waals surface area contributed by atoms with Crippen molar-refractivity contribution in [3.63, 3.8) is 0 Å². The highest BCUT2D eigenvalue weighted by atomic mass is 31.2. The lowest BCUT2D eigenvalue weighted by molar-refractivity contribution is -0.114. The van der Waals surface area contributed by atoms with Gasteiger partial charge in [-0.2, -0.15) is 0 Å². The highest BCUT2D eigenvalue weighted by Gasteiger charge is 2.62. The van der Waals surface area contributed by atoms with Crippen LogP contribution in [0.1, 0.15) is 77.2 Å². The maximum absolute atomic E-state index is 13.2. The van der Waals surface area contributed by atoms with Gasteiger partial charge in [-0.05, 0) is 99.1 Å². The Kier molecular flexibility index (Phi) is 7.77. The zero-order valence-corrected chi connectivity index (χ0v) is 24.9. The van der Waals surface area contributed by atoms with Crippen LogP contribution in [0.4, 0.5) is 5.69 Å². The Bertz CT molecular complexity index is 1290. The van der Waals surface area contributed by atoms with Crippen LogP contribution in [0, 0.1) is 28.8 Å². The van der Waals surface area contributed by atoms with Crippen LogP contribution < -0.4 is 4.90 Å². The predicted molar refractivity (Wildman–Crippen MR) is 155 cm³/mol. The fraction of sp³-hybridized carbons (Fsp3) is 0.594. The van der Waals surface area contributed by atoms with Gasteiger partial charge in [-0.25, -0.2) is 4.57 Å². The Hall–Kier alpha value is -2.16. The molecular weight excluding hydrogens is 509 g/mol. The molecule has 2 fully saturated rings. The van der Waals surface area contributed by atoms with Gasteiger partial charge < -0.3 is 10.0 Å². The largest absolute Gasteiger partial charge is 0.405 e. The summed E-state index contributed by atoms with van der Waals surface area (Å²) in [5.74, 6) is 4.01. The second-order valence-electron chi connectivity index (χ2n) is 12.0. The molecule has 5 atom stereocenters.